The van der Waals surface area contributed by atoms with Crippen molar-refractivity contribution in [1.82, 2.24) is 9.62 Å². The number of carbonyl (C=O) groups is 1. The minimum Gasteiger partial charge on any atom is -0.336 e. The van der Waals surface area contributed by atoms with Gasteiger partial charge in [-0.15, -0.1) is 0 Å². The van der Waals surface area contributed by atoms with Crippen molar-refractivity contribution in [2.24, 2.45) is 0 Å². The van der Waals surface area contributed by atoms with Gasteiger partial charge < -0.3 is 4.90 Å². The molecule has 1 N–H and O–H groups in total. The Balaban J connectivity index is 1.62. The molecule has 28 heavy (non-hydrogen) atoms. The molecule has 0 spiro atoms. The molecule has 7 heteroatoms. The number of nitrogens with zero attached hydrogens (tertiary/aromatic N) is 1. The third-order valence-electron chi connectivity index (χ3n) is 5.09. The molecule has 1 atom stereocenters. The summed E-state index contributed by atoms with van der Waals surface area (Å²) in [5.74, 6) is -0.407. The van der Waals surface area contributed by atoms with Crippen LogP contribution in [0.15, 0.2) is 47.4 Å². The van der Waals surface area contributed by atoms with Crippen LogP contribution in [0, 0.1) is 19.7 Å². The number of amides is 1. The molecule has 2 aromatic rings. The minimum atomic E-state index is -3.67. The maximum Gasteiger partial charge on any atom is 0.240 e. The number of likely N-dealkylation sites (tertiary alicyclic amines) is 1. The van der Waals surface area contributed by atoms with Crippen molar-refractivity contribution in [2.45, 2.75) is 44.0 Å². The van der Waals surface area contributed by atoms with E-state index in [0.717, 1.165) is 24.0 Å². The van der Waals surface area contributed by atoms with Gasteiger partial charge in [0.05, 0.1) is 10.9 Å². The van der Waals surface area contributed by atoms with Crippen LogP contribution >= 0.6 is 0 Å². The zero-order chi connectivity index (χ0) is 20.3. The lowest BCUT2D eigenvalue weighted by Gasteiger charge is -2.25. The highest BCUT2D eigenvalue weighted by atomic mass is 32.2. The molecule has 2 aromatic carbocycles. The van der Waals surface area contributed by atoms with E-state index in [1.54, 1.807) is 36.1 Å². The van der Waals surface area contributed by atoms with E-state index < -0.39 is 10.0 Å². The van der Waals surface area contributed by atoms with E-state index in [1.807, 2.05) is 13.0 Å². The average Bonchev–Trinajstić information content (AvgIpc) is 3.14. The molecule has 5 nitrogen and oxygen atoms in total. The van der Waals surface area contributed by atoms with Crippen LogP contribution in [0.25, 0.3) is 0 Å². The number of rotatable bonds is 6. The van der Waals surface area contributed by atoms with E-state index in [2.05, 4.69) is 4.72 Å². The van der Waals surface area contributed by atoms with E-state index in [0.29, 0.717) is 12.1 Å². The smallest absolute Gasteiger partial charge is 0.240 e. The molecule has 0 saturated carbocycles. The quantitative estimate of drug-likeness (QED) is 0.802. The second kappa shape index (κ2) is 8.41. The maximum atomic E-state index is 13.2. The second-order valence-electron chi connectivity index (χ2n) is 7.21. The molecule has 150 valence electrons. The Labute approximate surface area is 165 Å². The first-order chi connectivity index (χ1) is 13.3. The monoisotopic (exact) mass is 404 g/mol. The molecule has 0 radical (unpaired) electrons. The van der Waals surface area contributed by atoms with Gasteiger partial charge in [-0.2, -0.15) is 0 Å². The van der Waals surface area contributed by atoms with Gasteiger partial charge in [-0.3, -0.25) is 4.79 Å². The van der Waals surface area contributed by atoms with Crippen LogP contribution in [0.1, 0.15) is 42.0 Å². The number of halogens is 1. The molecule has 1 saturated heterocycles. The van der Waals surface area contributed by atoms with E-state index in [-0.39, 0.29) is 35.6 Å². The van der Waals surface area contributed by atoms with Crippen molar-refractivity contribution < 1.29 is 17.6 Å². The lowest BCUT2D eigenvalue weighted by Crippen LogP contribution is -2.34. The molecule has 3 rings (SSSR count). The van der Waals surface area contributed by atoms with Gasteiger partial charge in [-0.1, -0.05) is 24.3 Å². The Morgan fingerprint density at radius 2 is 1.89 bits per heavy atom. The second-order valence-corrected chi connectivity index (χ2v) is 8.95. The first-order valence-corrected chi connectivity index (χ1v) is 10.9. The van der Waals surface area contributed by atoms with Crippen molar-refractivity contribution in [3.8, 4) is 0 Å². The largest absolute Gasteiger partial charge is 0.336 e. The predicted molar refractivity (Wildman–Crippen MR) is 106 cm³/mol. The van der Waals surface area contributed by atoms with E-state index in [1.165, 1.54) is 12.1 Å². The Kier molecular flexibility index (Phi) is 6.15. The number of hydrogen-bond donors (Lipinski definition) is 1. The molecule has 1 aliphatic rings. The number of sulfonamides is 1. The summed E-state index contributed by atoms with van der Waals surface area (Å²) in [6.07, 6.45) is 1.79. The van der Waals surface area contributed by atoms with Crippen LogP contribution in [-0.2, 0) is 14.8 Å². The Hall–Kier alpha value is -2.25. The summed E-state index contributed by atoms with van der Waals surface area (Å²) in [4.78, 5) is 14.7. The molecule has 0 bridgehead atoms. The van der Waals surface area contributed by atoms with Gasteiger partial charge in [-0.05, 0) is 61.6 Å². The van der Waals surface area contributed by atoms with Crippen LogP contribution in [0.3, 0.4) is 0 Å². The highest BCUT2D eigenvalue weighted by Gasteiger charge is 2.29. The summed E-state index contributed by atoms with van der Waals surface area (Å²) in [6, 6.07) is 11.4. The SMILES string of the molecule is Cc1ccc(C)c(S(=O)(=O)NCCC(=O)N2CCCC2c2ccc(F)cc2)c1. The summed E-state index contributed by atoms with van der Waals surface area (Å²) < 4.78 is 40.8. The Morgan fingerprint density at radius 1 is 1.18 bits per heavy atom. The highest BCUT2D eigenvalue weighted by Crippen LogP contribution is 2.32. The molecular formula is C21H25FN2O3S. The topological polar surface area (TPSA) is 66.5 Å². The number of aryl methyl sites for hydroxylation is 2. The maximum absolute atomic E-state index is 13.2. The van der Waals surface area contributed by atoms with Gasteiger partial charge in [0.15, 0.2) is 0 Å². The number of hydrogen-bond acceptors (Lipinski definition) is 3. The highest BCUT2D eigenvalue weighted by molar-refractivity contribution is 7.89. The summed E-state index contributed by atoms with van der Waals surface area (Å²) in [5.41, 5.74) is 2.44. The normalized spacial score (nSPS) is 17.1. The standard InChI is InChI=1S/C21H25FN2O3S/c1-15-5-6-16(2)20(14-15)28(26,27)23-12-11-21(25)24-13-3-4-19(24)17-7-9-18(22)10-8-17/h5-10,14,19,23H,3-4,11-13H2,1-2H3. The molecule has 1 heterocycles. The number of benzene rings is 2. The van der Waals surface area contributed by atoms with Crippen LogP contribution < -0.4 is 4.72 Å². The van der Waals surface area contributed by atoms with Gasteiger partial charge in [0, 0.05) is 19.5 Å². The third-order valence-corrected chi connectivity index (χ3v) is 6.70. The Bertz CT molecular complexity index is 958. The molecule has 1 unspecified atom stereocenters. The summed E-state index contributed by atoms with van der Waals surface area (Å²) in [7, 11) is -3.67. The van der Waals surface area contributed by atoms with Crippen molar-refractivity contribution >= 4 is 15.9 Å². The molecule has 1 fully saturated rings. The van der Waals surface area contributed by atoms with Crippen molar-refractivity contribution in [2.75, 3.05) is 13.1 Å². The Morgan fingerprint density at radius 3 is 2.61 bits per heavy atom. The molecular weight excluding hydrogens is 379 g/mol. The van der Waals surface area contributed by atoms with Gasteiger partial charge in [0.25, 0.3) is 0 Å². The molecule has 1 amide bonds. The molecule has 1 aliphatic heterocycles. The van der Waals surface area contributed by atoms with Crippen LogP contribution in [0.5, 0.6) is 0 Å². The summed E-state index contributed by atoms with van der Waals surface area (Å²) in [6.45, 7) is 4.26. The van der Waals surface area contributed by atoms with Crippen LogP contribution in [-0.4, -0.2) is 32.3 Å². The van der Waals surface area contributed by atoms with Gasteiger partial charge in [0.2, 0.25) is 15.9 Å². The number of nitrogens with one attached hydrogen (secondary N) is 1. The third kappa shape index (κ3) is 4.59. The molecule has 0 aliphatic carbocycles. The van der Waals surface area contributed by atoms with E-state index in [9.17, 15) is 17.6 Å². The van der Waals surface area contributed by atoms with Crippen LogP contribution in [0.4, 0.5) is 4.39 Å². The first-order valence-electron chi connectivity index (χ1n) is 9.40. The predicted octanol–water partition coefficient (Wildman–Crippen LogP) is 3.47. The van der Waals surface area contributed by atoms with Crippen LogP contribution in [0.2, 0.25) is 0 Å². The van der Waals surface area contributed by atoms with Gasteiger partial charge >= 0.3 is 0 Å². The van der Waals surface area contributed by atoms with Crippen molar-refractivity contribution in [3.63, 3.8) is 0 Å². The van der Waals surface area contributed by atoms with Crippen molar-refractivity contribution in [3.05, 3.63) is 65.0 Å². The van der Waals surface area contributed by atoms with Gasteiger partial charge in [-0.25, -0.2) is 17.5 Å². The zero-order valence-corrected chi connectivity index (χ0v) is 16.9. The lowest BCUT2D eigenvalue weighted by atomic mass is 10.0. The minimum absolute atomic E-state index is 0.0428. The average molecular weight is 405 g/mol. The fraction of sp³-hybridized carbons (Fsp3) is 0.381. The van der Waals surface area contributed by atoms with Gasteiger partial charge in [0.1, 0.15) is 5.82 Å². The fourth-order valence-electron chi connectivity index (χ4n) is 3.61. The number of carbonyl (C=O) groups excluding carboxylic acids is 1. The lowest BCUT2D eigenvalue weighted by molar-refractivity contribution is -0.131. The van der Waals surface area contributed by atoms with Crippen molar-refractivity contribution in [1.29, 1.82) is 0 Å². The zero-order valence-electron chi connectivity index (χ0n) is 16.1. The summed E-state index contributed by atoms with van der Waals surface area (Å²) in [5, 5.41) is 0. The summed E-state index contributed by atoms with van der Waals surface area (Å²) >= 11 is 0. The van der Waals surface area contributed by atoms with E-state index in [4.69, 9.17) is 0 Å². The molecule has 0 aromatic heterocycles. The fourth-order valence-corrected chi connectivity index (χ4v) is 4.97. The first kappa shape index (κ1) is 20.5. The van der Waals surface area contributed by atoms with E-state index >= 15 is 0 Å².